The second kappa shape index (κ2) is 10.6. The zero-order valence-corrected chi connectivity index (χ0v) is 22.8. The highest BCUT2D eigenvalue weighted by atomic mass is 16.6. The van der Waals surface area contributed by atoms with Gasteiger partial charge in [-0.25, -0.2) is 4.79 Å². The van der Waals surface area contributed by atoms with Gasteiger partial charge in [0.1, 0.15) is 6.61 Å². The van der Waals surface area contributed by atoms with E-state index < -0.39 is 5.41 Å². The Balaban J connectivity index is 1.19. The number of benzene rings is 3. The molecule has 0 bridgehead atoms. The summed E-state index contributed by atoms with van der Waals surface area (Å²) in [5.74, 6) is 0.529. The summed E-state index contributed by atoms with van der Waals surface area (Å²) >= 11 is 0. The molecular weight excluding hydrogens is 504 g/mol. The summed E-state index contributed by atoms with van der Waals surface area (Å²) in [5, 5.41) is 4.22. The lowest BCUT2D eigenvalue weighted by molar-refractivity contribution is -0.146. The van der Waals surface area contributed by atoms with Crippen LogP contribution in [0.4, 0.5) is 4.79 Å². The van der Waals surface area contributed by atoms with Crippen LogP contribution in [0.3, 0.4) is 0 Å². The van der Waals surface area contributed by atoms with Crippen LogP contribution in [0.1, 0.15) is 42.1 Å². The summed E-state index contributed by atoms with van der Waals surface area (Å²) in [6, 6.07) is 26.4. The van der Waals surface area contributed by atoms with Crippen LogP contribution in [0.2, 0.25) is 0 Å². The number of amides is 1. The lowest BCUT2D eigenvalue weighted by atomic mass is 9.93. The molecule has 7 nitrogen and oxygen atoms in total. The van der Waals surface area contributed by atoms with Gasteiger partial charge in [0.2, 0.25) is 0 Å². The average Bonchev–Trinajstić information content (AvgIpc) is 3.63. The molecular formula is C33H32N2O5. The summed E-state index contributed by atoms with van der Waals surface area (Å²) in [6.45, 7) is 4.86. The van der Waals surface area contributed by atoms with Crippen LogP contribution in [0.5, 0.6) is 0 Å². The average molecular weight is 537 g/mol. The summed E-state index contributed by atoms with van der Waals surface area (Å²) in [4.78, 5) is 26.9. The number of cyclic esters (lactones) is 1. The lowest BCUT2D eigenvalue weighted by Gasteiger charge is -2.21. The SMILES string of the molecule is CCOC(=O)C1(c2ccc(-c3ccc(-c4onc(C)c4CN4C(=O)OC[C@@H]4Cc4ccccc4)cc3)cc2)CC1. The Bertz CT molecular complexity index is 1500. The molecule has 4 aromatic rings. The number of carbonyl (C=O) groups is 2. The minimum Gasteiger partial charge on any atom is -0.465 e. The molecule has 0 spiro atoms. The summed E-state index contributed by atoms with van der Waals surface area (Å²) in [6.07, 6.45) is 2.07. The normalized spacial score (nSPS) is 17.5. The van der Waals surface area contributed by atoms with Crippen LogP contribution >= 0.6 is 0 Å². The van der Waals surface area contributed by atoms with E-state index in [1.165, 1.54) is 0 Å². The van der Waals surface area contributed by atoms with Crippen molar-refractivity contribution in [3.8, 4) is 22.5 Å². The van der Waals surface area contributed by atoms with Gasteiger partial charge in [0.15, 0.2) is 5.76 Å². The van der Waals surface area contributed by atoms with E-state index in [-0.39, 0.29) is 18.1 Å². The number of aromatic nitrogens is 1. The lowest BCUT2D eigenvalue weighted by Crippen LogP contribution is -2.34. The third kappa shape index (κ3) is 4.88. The van der Waals surface area contributed by atoms with Gasteiger partial charge in [0.05, 0.1) is 30.3 Å². The molecule has 2 aliphatic rings. The predicted molar refractivity (Wildman–Crippen MR) is 150 cm³/mol. The molecule has 0 N–H and O–H groups in total. The van der Waals surface area contributed by atoms with Gasteiger partial charge in [-0.2, -0.15) is 0 Å². The molecule has 3 aromatic carbocycles. The first-order valence-electron chi connectivity index (χ1n) is 13.8. The molecule has 2 fully saturated rings. The Morgan fingerprint density at radius 3 is 2.27 bits per heavy atom. The van der Waals surface area contributed by atoms with E-state index in [0.29, 0.717) is 25.5 Å². The molecule has 204 valence electrons. The van der Waals surface area contributed by atoms with Gasteiger partial charge in [-0.3, -0.25) is 9.69 Å². The fraction of sp³-hybridized carbons (Fsp3) is 0.303. The summed E-state index contributed by atoms with van der Waals surface area (Å²) < 4.78 is 16.5. The molecule has 1 saturated carbocycles. The number of hydrogen-bond acceptors (Lipinski definition) is 6. The van der Waals surface area contributed by atoms with E-state index in [1.54, 1.807) is 4.90 Å². The van der Waals surface area contributed by atoms with Crippen LogP contribution in [0.15, 0.2) is 83.4 Å². The van der Waals surface area contributed by atoms with Gasteiger partial charge in [-0.05, 0) is 55.4 Å². The smallest absolute Gasteiger partial charge is 0.410 e. The van der Waals surface area contributed by atoms with Crippen molar-refractivity contribution in [2.45, 2.75) is 51.1 Å². The molecule has 1 aliphatic carbocycles. The van der Waals surface area contributed by atoms with Crippen molar-refractivity contribution in [3.05, 3.63) is 101 Å². The van der Waals surface area contributed by atoms with Crippen LogP contribution in [-0.2, 0) is 32.6 Å². The van der Waals surface area contributed by atoms with Crippen molar-refractivity contribution in [3.63, 3.8) is 0 Å². The fourth-order valence-corrected chi connectivity index (χ4v) is 5.51. The number of hydrogen-bond donors (Lipinski definition) is 0. The maximum Gasteiger partial charge on any atom is 0.410 e. The Kier molecular flexibility index (Phi) is 6.88. The van der Waals surface area contributed by atoms with E-state index in [1.807, 2.05) is 68.4 Å². The third-order valence-corrected chi connectivity index (χ3v) is 8.04. The third-order valence-electron chi connectivity index (χ3n) is 8.04. The van der Waals surface area contributed by atoms with Crippen LogP contribution in [0, 0.1) is 6.92 Å². The Labute approximate surface area is 233 Å². The number of carbonyl (C=O) groups excluding carboxylic acids is 2. The van der Waals surface area contributed by atoms with Gasteiger partial charge in [0, 0.05) is 11.1 Å². The molecule has 1 amide bonds. The standard InChI is InChI=1S/C33H32N2O5/c1-3-38-31(36)33(17-18-33)27-15-13-25(14-16-27)24-9-11-26(12-10-24)30-29(22(2)34-40-30)20-35-28(21-39-32(35)37)19-23-7-5-4-6-8-23/h4-16,28H,3,17-21H2,1-2H3/t28-/m0/s1. The second-order valence-corrected chi connectivity index (χ2v) is 10.6. The van der Waals surface area contributed by atoms with Gasteiger partial charge in [-0.15, -0.1) is 0 Å². The highest BCUT2D eigenvalue weighted by Crippen LogP contribution is 2.49. The number of esters is 1. The monoisotopic (exact) mass is 536 g/mol. The minimum atomic E-state index is -0.471. The quantitative estimate of drug-likeness (QED) is 0.228. The zero-order chi connectivity index (χ0) is 27.7. The molecule has 1 aromatic heterocycles. The maximum absolute atomic E-state index is 12.6. The zero-order valence-electron chi connectivity index (χ0n) is 22.8. The topological polar surface area (TPSA) is 81.9 Å². The van der Waals surface area contributed by atoms with Gasteiger partial charge < -0.3 is 14.0 Å². The molecule has 1 saturated heterocycles. The van der Waals surface area contributed by atoms with Crippen molar-refractivity contribution < 1.29 is 23.6 Å². The molecule has 7 heteroatoms. The summed E-state index contributed by atoms with van der Waals surface area (Å²) in [7, 11) is 0. The maximum atomic E-state index is 12.6. The van der Waals surface area contributed by atoms with Crippen LogP contribution in [0.25, 0.3) is 22.5 Å². The van der Waals surface area contributed by atoms with Crippen molar-refractivity contribution in [1.82, 2.24) is 10.1 Å². The molecule has 40 heavy (non-hydrogen) atoms. The fourth-order valence-electron chi connectivity index (χ4n) is 5.51. The first-order valence-corrected chi connectivity index (χ1v) is 13.8. The molecule has 0 unspecified atom stereocenters. The van der Waals surface area contributed by atoms with Crippen molar-refractivity contribution in [1.29, 1.82) is 0 Å². The van der Waals surface area contributed by atoms with Crippen molar-refractivity contribution >= 4 is 12.1 Å². The Morgan fingerprint density at radius 1 is 0.975 bits per heavy atom. The van der Waals surface area contributed by atoms with Gasteiger partial charge in [-0.1, -0.05) is 84.0 Å². The number of nitrogens with zero attached hydrogens (tertiary/aromatic N) is 2. The van der Waals surface area contributed by atoms with Crippen molar-refractivity contribution in [2.24, 2.45) is 0 Å². The van der Waals surface area contributed by atoms with E-state index in [9.17, 15) is 9.59 Å². The number of rotatable bonds is 9. The second-order valence-electron chi connectivity index (χ2n) is 10.6. The van der Waals surface area contributed by atoms with Crippen LogP contribution in [-0.4, -0.2) is 41.4 Å². The van der Waals surface area contributed by atoms with E-state index in [0.717, 1.165) is 58.3 Å². The van der Waals surface area contributed by atoms with E-state index >= 15 is 0 Å². The Morgan fingerprint density at radius 2 is 1.62 bits per heavy atom. The van der Waals surface area contributed by atoms with Crippen LogP contribution < -0.4 is 0 Å². The summed E-state index contributed by atoms with van der Waals surface area (Å²) in [5.41, 5.74) is 6.34. The minimum absolute atomic E-state index is 0.0546. The largest absolute Gasteiger partial charge is 0.465 e. The Hall–Kier alpha value is -4.39. The van der Waals surface area contributed by atoms with E-state index in [4.69, 9.17) is 14.0 Å². The number of aryl methyl sites for hydroxylation is 1. The highest BCUT2D eigenvalue weighted by molar-refractivity contribution is 5.87. The van der Waals surface area contributed by atoms with E-state index in [2.05, 4.69) is 29.4 Å². The van der Waals surface area contributed by atoms with Gasteiger partial charge >= 0.3 is 12.1 Å². The van der Waals surface area contributed by atoms with Gasteiger partial charge in [0.25, 0.3) is 0 Å². The predicted octanol–water partition coefficient (Wildman–Crippen LogP) is 6.48. The molecule has 0 radical (unpaired) electrons. The molecule has 1 aliphatic heterocycles. The highest BCUT2D eigenvalue weighted by Gasteiger charge is 2.52. The number of ether oxygens (including phenoxy) is 2. The molecule has 2 heterocycles. The first kappa shape index (κ1) is 25.9. The van der Waals surface area contributed by atoms with Crippen molar-refractivity contribution in [2.75, 3.05) is 13.2 Å². The molecule has 6 rings (SSSR count). The first-order chi connectivity index (χ1) is 19.5. The molecule has 1 atom stereocenters.